The highest BCUT2D eigenvalue weighted by Gasteiger charge is 2.17. The van der Waals surface area contributed by atoms with Crippen molar-refractivity contribution in [2.45, 2.75) is 12.3 Å². The van der Waals surface area contributed by atoms with Crippen molar-refractivity contribution < 1.29 is 9.53 Å². The van der Waals surface area contributed by atoms with Gasteiger partial charge >= 0.3 is 5.97 Å². The molecule has 1 aromatic carbocycles. The van der Waals surface area contributed by atoms with E-state index < -0.39 is 0 Å². The summed E-state index contributed by atoms with van der Waals surface area (Å²) in [5.41, 5.74) is 2.66. The Labute approximate surface area is 133 Å². The molecule has 22 heavy (non-hydrogen) atoms. The summed E-state index contributed by atoms with van der Waals surface area (Å²) in [5.74, 6) is -0.121. The van der Waals surface area contributed by atoms with Crippen molar-refractivity contribution in [3.63, 3.8) is 0 Å². The predicted octanol–water partition coefficient (Wildman–Crippen LogP) is 3.68. The molecule has 0 bridgehead atoms. The zero-order valence-corrected chi connectivity index (χ0v) is 13.0. The number of carbonyl (C=O) groups is 1. The zero-order valence-electron chi connectivity index (χ0n) is 12.2. The Hall–Kier alpha value is -2.40. The molecule has 1 unspecified atom stereocenters. The monoisotopic (exact) mass is 312 g/mol. The molecule has 1 aliphatic carbocycles. The third kappa shape index (κ3) is 2.80. The van der Waals surface area contributed by atoms with E-state index in [-0.39, 0.29) is 11.9 Å². The first kappa shape index (κ1) is 14.5. The Morgan fingerprint density at radius 2 is 2.14 bits per heavy atom. The lowest BCUT2D eigenvalue weighted by atomic mass is 9.94. The van der Waals surface area contributed by atoms with Crippen molar-refractivity contribution in [1.82, 2.24) is 9.55 Å². The van der Waals surface area contributed by atoms with Crippen molar-refractivity contribution >= 4 is 18.2 Å². The predicted molar refractivity (Wildman–Crippen MR) is 87.6 cm³/mol. The Bertz CT molecular complexity index is 800. The van der Waals surface area contributed by atoms with Gasteiger partial charge in [-0.25, -0.2) is 4.79 Å². The van der Waals surface area contributed by atoms with Crippen molar-refractivity contribution in [3.05, 3.63) is 70.8 Å². The van der Waals surface area contributed by atoms with Gasteiger partial charge in [-0.1, -0.05) is 36.4 Å². The number of methoxy groups -OCH3 is 1. The first-order chi connectivity index (χ1) is 10.7. The van der Waals surface area contributed by atoms with Crippen molar-refractivity contribution in [2.24, 2.45) is 0 Å². The molecule has 1 N–H and O–H groups in total. The third-order valence-corrected chi connectivity index (χ3v) is 3.99. The number of hydrogen-bond donors (Lipinski definition) is 1. The van der Waals surface area contributed by atoms with Crippen LogP contribution in [0.2, 0.25) is 0 Å². The van der Waals surface area contributed by atoms with Crippen LogP contribution in [-0.4, -0.2) is 22.6 Å². The standard InChI is InChI=1S/C17H16N2O2S/c1-21-16(20)13-9-7-12(8-10-13)15-11-19(17(22)18-15)14-5-3-2-4-6-14/h2-7,9-12H,8H2,1H3,(H,18,22). The molecule has 0 saturated heterocycles. The minimum Gasteiger partial charge on any atom is -0.465 e. The van der Waals surface area contributed by atoms with E-state index in [1.165, 1.54) is 7.11 Å². The number of benzene rings is 1. The molecule has 112 valence electrons. The molecule has 0 fully saturated rings. The van der Waals surface area contributed by atoms with Crippen LogP contribution in [0.25, 0.3) is 5.69 Å². The van der Waals surface area contributed by atoms with Crippen LogP contribution in [0.5, 0.6) is 0 Å². The van der Waals surface area contributed by atoms with Gasteiger partial charge in [0.15, 0.2) is 4.77 Å². The fraction of sp³-hybridized carbons (Fsp3) is 0.176. The summed E-state index contributed by atoms with van der Waals surface area (Å²) < 4.78 is 7.35. The van der Waals surface area contributed by atoms with E-state index in [4.69, 9.17) is 17.0 Å². The number of rotatable bonds is 3. The molecule has 0 radical (unpaired) electrons. The van der Waals surface area contributed by atoms with Crippen LogP contribution in [0.4, 0.5) is 0 Å². The molecule has 1 aromatic heterocycles. The van der Waals surface area contributed by atoms with Gasteiger partial charge in [-0.05, 0) is 30.8 Å². The van der Waals surface area contributed by atoms with E-state index in [0.717, 1.165) is 17.8 Å². The normalized spacial score (nSPS) is 17.1. The zero-order chi connectivity index (χ0) is 15.5. The summed E-state index contributed by atoms with van der Waals surface area (Å²) in [6.07, 6.45) is 8.46. The molecule has 1 heterocycles. The van der Waals surface area contributed by atoms with Gasteiger partial charge in [0.1, 0.15) is 0 Å². The highest BCUT2D eigenvalue weighted by atomic mass is 32.1. The van der Waals surface area contributed by atoms with Crippen molar-refractivity contribution in [1.29, 1.82) is 0 Å². The topological polar surface area (TPSA) is 47.0 Å². The molecule has 0 amide bonds. The second-order valence-electron chi connectivity index (χ2n) is 5.07. The average molecular weight is 312 g/mol. The fourth-order valence-electron chi connectivity index (χ4n) is 2.50. The summed E-state index contributed by atoms with van der Waals surface area (Å²) in [6.45, 7) is 0. The number of ether oxygens (including phenoxy) is 1. The van der Waals surface area contributed by atoms with E-state index in [9.17, 15) is 4.79 Å². The summed E-state index contributed by atoms with van der Waals surface area (Å²) in [7, 11) is 1.39. The van der Waals surface area contributed by atoms with Crippen LogP contribution in [0.3, 0.4) is 0 Å². The summed E-state index contributed by atoms with van der Waals surface area (Å²) >= 11 is 5.40. The number of imidazole rings is 1. The van der Waals surface area contributed by atoms with Crippen molar-refractivity contribution in [2.75, 3.05) is 7.11 Å². The Balaban J connectivity index is 1.84. The summed E-state index contributed by atoms with van der Waals surface area (Å²) in [5, 5.41) is 0. The number of allylic oxidation sites excluding steroid dienone is 2. The maximum absolute atomic E-state index is 11.5. The molecular weight excluding hydrogens is 296 g/mol. The van der Waals surface area contributed by atoms with Crippen LogP contribution in [-0.2, 0) is 9.53 Å². The Morgan fingerprint density at radius 3 is 2.77 bits per heavy atom. The lowest BCUT2D eigenvalue weighted by molar-refractivity contribution is -0.135. The molecule has 1 aliphatic rings. The maximum atomic E-state index is 11.5. The molecule has 0 saturated carbocycles. The number of hydrogen-bond acceptors (Lipinski definition) is 3. The summed E-state index contributed by atoms with van der Waals surface area (Å²) in [6, 6.07) is 9.97. The lowest BCUT2D eigenvalue weighted by Crippen LogP contribution is -2.07. The second-order valence-corrected chi connectivity index (χ2v) is 5.46. The third-order valence-electron chi connectivity index (χ3n) is 3.69. The largest absolute Gasteiger partial charge is 0.465 e. The van der Waals surface area contributed by atoms with Crippen LogP contribution in [0.15, 0.2) is 60.3 Å². The molecule has 5 heteroatoms. The van der Waals surface area contributed by atoms with E-state index in [2.05, 4.69) is 4.98 Å². The van der Waals surface area contributed by atoms with Gasteiger partial charge in [-0.15, -0.1) is 0 Å². The minimum atomic E-state index is -0.301. The Morgan fingerprint density at radius 1 is 1.36 bits per heavy atom. The van der Waals surface area contributed by atoms with Crippen LogP contribution < -0.4 is 0 Å². The number of carbonyl (C=O) groups excluding carboxylic acids is 1. The van der Waals surface area contributed by atoms with Crippen LogP contribution in [0, 0.1) is 4.77 Å². The van der Waals surface area contributed by atoms with Gasteiger partial charge in [0.2, 0.25) is 0 Å². The molecule has 0 aliphatic heterocycles. The number of nitrogens with zero attached hydrogens (tertiary/aromatic N) is 1. The molecule has 0 spiro atoms. The molecule has 1 atom stereocenters. The molecule has 2 aromatic rings. The maximum Gasteiger partial charge on any atom is 0.337 e. The number of aromatic amines is 1. The number of para-hydroxylation sites is 1. The smallest absolute Gasteiger partial charge is 0.337 e. The van der Waals surface area contributed by atoms with Gasteiger partial charge in [-0.2, -0.15) is 0 Å². The minimum absolute atomic E-state index is 0.181. The number of esters is 1. The van der Waals surface area contributed by atoms with Gasteiger partial charge in [-0.3, -0.25) is 4.57 Å². The van der Waals surface area contributed by atoms with E-state index in [0.29, 0.717) is 10.3 Å². The number of nitrogens with one attached hydrogen (secondary N) is 1. The molecule has 3 rings (SSSR count). The number of H-pyrrole nitrogens is 1. The fourth-order valence-corrected chi connectivity index (χ4v) is 2.78. The average Bonchev–Trinajstić information content (AvgIpc) is 2.97. The van der Waals surface area contributed by atoms with E-state index >= 15 is 0 Å². The Kier molecular flexibility index (Phi) is 4.06. The van der Waals surface area contributed by atoms with E-state index in [1.807, 2.05) is 53.2 Å². The second kappa shape index (κ2) is 6.15. The van der Waals surface area contributed by atoms with Gasteiger partial charge in [0.05, 0.1) is 12.7 Å². The first-order valence-electron chi connectivity index (χ1n) is 7.02. The highest BCUT2D eigenvalue weighted by molar-refractivity contribution is 7.71. The number of aromatic nitrogens is 2. The lowest BCUT2D eigenvalue weighted by Gasteiger charge is -2.13. The molecular formula is C17H16N2O2S. The first-order valence-corrected chi connectivity index (χ1v) is 7.43. The van der Waals surface area contributed by atoms with Gasteiger partial charge in [0.25, 0.3) is 0 Å². The van der Waals surface area contributed by atoms with Gasteiger partial charge < -0.3 is 9.72 Å². The van der Waals surface area contributed by atoms with Crippen LogP contribution >= 0.6 is 12.2 Å². The van der Waals surface area contributed by atoms with E-state index in [1.54, 1.807) is 6.08 Å². The van der Waals surface area contributed by atoms with Crippen molar-refractivity contribution in [3.8, 4) is 5.69 Å². The SMILES string of the molecule is COC(=O)C1=CCC(c2cn(-c3ccccc3)c(=S)[nH]2)C=C1. The quantitative estimate of drug-likeness (QED) is 0.695. The highest BCUT2D eigenvalue weighted by Crippen LogP contribution is 2.27. The van der Waals surface area contributed by atoms with Gasteiger partial charge in [0, 0.05) is 23.5 Å². The molecule has 4 nitrogen and oxygen atoms in total. The van der Waals surface area contributed by atoms with Crippen LogP contribution in [0.1, 0.15) is 18.0 Å². The summed E-state index contributed by atoms with van der Waals surface area (Å²) in [4.78, 5) is 14.7.